The summed E-state index contributed by atoms with van der Waals surface area (Å²) >= 11 is 0. The van der Waals surface area contributed by atoms with Gasteiger partial charge in [0.15, 0.2) is 0 Å². The lowest BCUT2D eigenvalue weighted by atomic mass is 10.0. The molecule has 0 N–H and O–H groups in total. The second kappa shape index (κ2) is 7.18. The van der Waals surface area contributed by atoms with Crippen molar-refractivity contribution >= 4 is 5.97 Å². The summed E-state index contributed by atoms with van der Waals surface area (Å²) in [5.74, 6) is -2.52. The third kappa shape index (κ3) is 4.13. The van der Waals surface area contributed by atoms with E-state index in [9.17, 15) is 18.0 Å². The first kappa shape index (κ1) is 18.6. The molecule has 0 fully saturated rings. The molecule has 0 saturated carbocycles. The Morgan fingerprint density at radius 2 is 1.74 bits per heavy atom. The molecule has 6 nitrogen and oxygen atoms in total. The molecule has 2 aromatic heterocycles. The number of carbonyl (C=O) groups is 1. The van der Waals surface area contributed by atoms with Gasteiger partial charge in [-0.05, 0) is 35.7 Å². The molecule has 0 aliphatic heterocycles. The zero-order valence-corrected chi connectivity index (χ0v) is 14.3. The van der Waals surface area contributed by atoms with Crippen LogP contribution in [-0.4, -0.2) is 27.3 Å². The zero-order chi connectivity index (χ0) is 19.6. The fraction of sp³-hybridized carbons (Fsp3) is 0.222. The highest BCUT2D eigenvalue weighted by atomic mass is 19.4. The molecule has 0 aliphatic rings. The minimum Gasteiger partial charge on any atom is -0.416 e. The predicted octanol–water partition coefficient (Wildman–Crippen LogP) is 4.39. The number of aromatic nitrogens is 3. The van der Waals surface area contributed by atoms with Crippen LogP contribution < -0.4 is 4.74 Å². The minimum absolute atomic E-state index is 0.0207. The van der Waals surface area contributed by atoms with E-state index >= 15 is 0 Å². The molecular formula is C18H14F3N3O3. The standard InChI is InChI=1S/C18H14F3N3O3/c1-10(2)11-5-7-12(8-6-11)14-23-24-16(26-14)13-4-3-9-22-15(13)27-17(25)18(19,20)21/h3-10H,1-2H3. The van der Waals surface area contributed by atoms with E-state index in [1.54, 1.807) is 12.1 Å². The third-order valence-corrected chi connectivity index (χ3v) is 3.67. The molecule has 0 spiro atoms. The van der Waals surface area contributed by atoms with Crippen molar-refractivity contribution in [3.63, 3.8) is 0 Å². The lowest BCUT2D eigenvalue weighted by Crippen LogP contribution is -2.28. The molecule has 1 aromatic carbocycles. The Balaban J connectivity index is 1.90. The second-order valence-electron chi connectivity index (χ2n) is 5.93. The first-order valence-corrected chi connectivity index (χ1v) is 7.94. The second-order valence-corrected chi connectivity index (χ2v) is 5.93. The fourth-order valence-electron chi connectivity index (χ4n) is 2.24. The summed E-state index contributed by atoms with van der Waals surface area (Å²) in [5.41, 5.74) is 1.76. The summed E-state index contributed by atoms with van der Waals surface area (Å²) < 4.78 is 47.1. The summed E-state index contributed by atoms with van der Waals surface area (Å²) in [6, 6.07) is 10.3. The number of rotatable bonds is 4. The van der Waals surface area contributed by atoms with Crippen LogP contribution in [0, 0.1) is 0 Å². The number of carbonyl (C=O) groups excluding carboxylic acids is 1. The van der Waals surface area contributed by atoms with Gasteiger partial charge in [-0.2, -0.15) is 13.2 Å². The summed E-state index contributed by atoms with van der Waals surface area (Å²) in [7, 11) is 0. The minimum atomic E-state index is -5.15. The van der Waals surface area contributed by atoms with Crippen LogP contribution >= 0.6 is 0 Å². The van der Waals surface area contributed by atoms with Crippen LogP contribution in [0.25, 0.3) is 22.9 Å². The van der Waals surface area contributed by atoms with Crippen molar-refractivity contribution in [1.82, 2.24) is 15.2 Å². The Morgan fingerprint density at radius 3 is 2.37 bits per heavy atom. The smallest absolute Gasteiger partial charge is 0.416 e. The van der Waals surface area contributed by atoms with Crippen LogP contribution in [-0.2, 0) is 4.79 Å². The average molecular weight is 377 g/mol. The van der Waals surface area contributed by atoms with Crippen molar-refractivity contribution in [1.29, 1.82) is 0 Å². The van der Waals surface area contributed by atoms with E-state index in [0.717, 1.165) is 5.56 Å². The molecule has 3 rings (SSSR count). The fourth-order valence-corrected chi connectivity index (χ4v) is 2.24. The third-order valence-electron chi connectivity index (χ3n) is 3.67. The molecule has 27 heavy (non-hydrogen) atoms. The molecule has 140 valence electrons. The molecule has 9 heteroatoms. The van der Waals surface area contributed by atoms with E-state index in [-0.39, 0.29) is 17.3 Å². The Kier molecular flexibility index (Phi) is 4.93. The maximum absolute atomic E-state index is 12.4. The van der Waals surface area contributed by atoms with E-state index in [1.165, 1.54) is 18.3 Å². The molecule has 0 atom stereocenters. The van der Waals surface area contributed by atoms with Gasteiger partial charge in [-0.15, -0.1) is 10.2 Å². The lowest BCUT2D eigenvalue weighted by molar-refractivity contribution is -0.189. The van der Waals surface area contributed by atoms with Crippen molar-refractivity contribution in [2.24, 2.45) is 0 Å². The van der Waals surface area contributed by atoms with Gasteiger partial charge in [0.05, 0.1) is 0 Å². The Morgan fingerprint density at radius 1 is 1.07 bits per heavy atom. The molecule has 0 amide bonds. The number of hydrogen-bond acceptors (Lipinski definition) is 6. The van der Waals surface area contributed by atoms with E-state index in [4.69, 9.17) is 4.42 Å². The highest BCUT2D eigenvalue weighted by Gasteiger charge is 2.42. The van der Waals surface area contributed by atoms with Gasteiger partial charge >= 0.3 is 12.1 Å². The first-order valence-electron chi connectivity index (χ1n) is 7.94. The predicted molar refractivity (Wildman–Crippen MR) is 88.7 cm³/mol. The highest BCUT2D eigenvalue weighted by Crippen LogP contribution is 2.31. The van der Waals surface area contributed by atoms with Crippen molar-refractivity contribution in [3.05, 3.63) is 48.2 Å². The van der Waals surface area contributed by atoms with E-state index < -0.39 is 18.0 Å². The number of benzene rings is 1. The summed E-state index contributed by atoms with van der Waals surface area (Å²) in [5, 5.41) is 7.72. The topological polar surface area (TPSA) is 78.1 Å². The van der Waals surface area contributed by atoms with Gasteiger partial charge < -0.3 is 9.15 Å². The largest absolute Gasteiger partial charge is 0.491 e. The van der Waals surface area contributed by atoms with Gasteiger partial charge in [-0.25, -0.2) is 9.78 Å². The van der Waals surface area contributed by atoms with Crippen molar-refractivity contribution < 1.29 is 27.1 Å². The van der Waals surface area contributed by atoms with Gasteiger partial charge in [-0.1, -0.05) is 26.0 Å². The Bertz CT molecular complexity index is 950. The number of ether oxygens (including phenoxy) is 1. The van der Waals surface area contributed by atoms with Gasteiger partial charge in [0.25, 0.3) is 5.89 Å². The molecule has 0 saturated heterocycles. The normalized spacial score (nSPS) is 11.6. The molecule has 0 bridgehead atoms. The van der Waals surface area contributed by atoms with Crippen LogP contribution in [0.1, 0.15) is 25.3 Å². The monoisotopic (exact) mass is 377 g/mol. The summed E-state index contributed by atoms with van der Waals surface area (Å²) in [6.45, 7) is 4.12. The summed E-state index contributed by atoms with van der Waals surface area (Å²) in [6.07, 6.45) is -3.96. The molecule has 0 radical (unpaired) electrons. The van der Waals surface area contributed by atoms with E-state index in [1.807, 2.05) is 12.1 Å². The Labute approximate surface area is 152 Å². The number of nitrogens with zero attached hydrogens (tertiary/aromatic N) is 3. The molecule has 0 unspecified atom stereocenters. The van der Waals surface area contributed by atoms with Gasteiger partial charge in [0.2, 0.25) is 11.8 Å². The highest BCUT2D eigenvalue weighted by molar-refractivity contribution is 5.79. The molecular weight excluding hydrogens is 363 g/mol. The Hall–Kier alpha value is -3.23. The number of pyridine rings is 1. The van der Waals surface area contributed by atoms with Crippen molar-refractivity contribution in [2.45, 2.75) is 25.9 Å². The number of hydrogen-bond donors (Lipinski definition) is 0. The summed E-state index contributed by atoms with van der Waals surface area (Å²) in [4.78, 5) is 14.7. The first-order chi connectivity index (χ1) is 12.8. The van der Waals surface area contributed by atoms with E-state index in [2.05, 4.69) is 33.8 Å². The molecule has 0 aliphatic carbocycles. The van der Waals surface area contributed by atoms with Crippen molar-refractivity contribution in [3.8, 4) is 28.8 Å². The maximum Gasteiger partial charge on any atom is 0.491 e. The lowest BCUT2D eigenvalue weighted by Gasteiger charge is -2.07. The average Bonchev–Trinajstić information content (AvgIpc) is 3.11. The number of halogens is 3. The number of esters is 1. The van der Waals surface area contributed by atoms with Crippen molar-refractivity contribution in [2.75, 3.05) is 0 Å². The molecule has 2 heterocycles. The van der Waals surface area contributed by atoms with Crippen LogP contribution in [0.4, 0.5) is 13.2 Å². The quantitative estimate of drug-likeness (QED) is 0.628. The van der Waals surface area contributed by atoms with Crippen LogP contribution in [0.5, 0.6) is 5.88 Å². The van der Waals surface area contributed by atoms with Crippen LogP contribution in [0.3, 0.4) is 0 Å². The van der Waals surface area contributed by atoms with Gasteiger partial charge in [0, 0.05) is 11.8 Å². The van der Waals surface area contributed by atoms with Crippen LogP contribution in [0.2, 0.25) is 0 Å². The van der Waals surface area contributed by atoms with Crippen LogP contribution in [0.15, 0.2) is 47.0 Å². The SMILES string of the molecule is CC(C)c1ccc(-c2nnc(-c3cccnc3OC(=O)C(F)(F)F)o2)cc1. The number of alkyl halides is 3. The zero-order valence-electron chi connectivity index (χ0n) is 14.3. The van der Waals surface area contributed by atoms with Gasteiger partial charge in [0.1, 0.15) is 5.56 Å². The molecule has 3 aromatic rings. The maximum atomic E-state index is 12.4. The van der Waals surface area contributed by atoms with E-state index in [0.29, 0.717) is 11.5 Å². The van der Waals surface area contributed by atoms with Gasteiger partial charge in [-0.3, -0.25) is 0 Å².